The third-order valence-corrected chi connectivity index (χ3v) is 3.07. The van der Waals surface area contributed by atoms with Crippen LogP contribution in [0.2, 0.25) is 0 Å². The van der Waals surface area contributed by atoms with Crippen molar-refractivity contribution >= 4 is 5.69 Å². The van der Waals surface area contributed by atoms with E-state index in [1.54, 1.807) is 10.6 Å². The summed E-state index contributed by atoms with van der Waals surface area (Å²) in [5.41, 5.74) is 5.85. The van der Waals surface area contributed by atoms with Crippen LogP contribution in [-0.4, -0.2) is 4.57 Å². The summed E-state index contributed by atoms with van der Waals surface area (Å²) in [6.45, 7) is 3.04. The molecule has 14 heavy (non-hydrogen) atoms. The first-order valence-corrected chi connectivity index (χ1v) is 5.17. The number of anilines is 1. The first-order valence-electron chi connectivity index (χ1n) is 5.17. The molecule has 1 aliphatic carbocycles. The van der Waals surface area contributed by atoms with Gasteiger partial charge in [-0.2, -0.15) is 0 Å². The predicted molar refractivity (Wildman–Crippen MR) is 57.0 cm³/mol. The molecule has 1 saturated carbocycles. The average Bonchev–Trinajstić information content (AvgIpc) is 2.92. The van der Waals surface area contributed by atoms with E-state index in [4.69, 9.17) is 5.73 Å². The van der Waals surface area contributed by atoms with Gasteiger partial charge in [0.2, 0.25) is 0 Å². The Balaban J connectivity index is 2.11. The third-order valence-electron chi connectivity index (χ3n) is 3.07. The van der Waals surface area contributed by atoms with Gasteiger partial charge < -0.3 is 10.3 Å². The van der Waals surface area contributed by atoms with Crippen LogP contribution in [0.15, 0.2) is 23.1 Å². The Morgan fingerprint density at radius 3 is 3.00 bits per heavy atom. The van der Waals surface area contributed by atoms with Crippen LogP contribution < -0.4 is 11.3 Å². The molecule has 3 nitrogen and oxygen atoms in total. The molecule has 0 aromatic carbocycles. The molecular weight excluding hydrogens is 176 g/mol. The lowest BCUT2D eigenvalue weighted by Gasteiger charge is -2.04. The number of nitrogens with two attached hydrogens (primary N) is 1. The molecule has 0 aliphatic heterocycles. The Morgan fingerprint density at radius 2 is 2.36 bits per heavy atom. The molecule has 0 bridgehead atoms. The van der Waals surface area contributed by atoms with E-state index in [9.17, 15) is 4.79 Å². The number of hydrogen-bond donors (Lipinski definition) is 1. The molecule has 0 unspecified atom stereocenters. The number of nitrogens with zero attached hydrogens (tertiary/aromatic N) is 1. The summed E-state index contributed by atoms with van der Waals surface area (Å²) in [4.78, 5) is 11.6. The Bertz CT molecular complexity index is 383. The van der Waals surface area contributed by atoms with Crippen LogP contribution in [0.25, 0.3) is 0 Å². The van der Waals surface area contributed by atoms with Crippen molar-refractivity contribution in [3.63, 3.8) is 0 Å². The zero-order valence-corrected chi connectivity index (χ0v) is 8.44. The summed E-state index contributed by atoms with van der Waals surface area (Å²) in [7, 11) is 0. The van der Waals surface area contributed by atoms with Crippen LogP contribution in [-0.2, 0) is 6.54 Å². The minimum Gasteiger partial charge on any atom is -0.394 e. The summed E-state index contributed by atoms with van der Waals surface area (Å²) < 4.78 is 1.73. The van der Waals surface area contributed by atoms with Gasteiger partial charge in [0.25, 0.3) is 5.56 Å². The monoisotopic (exact) mass is 192 g/mol. The van der Waals surface area contributed by atoms with Gasteiger partial charge in [-0.3, -0.25) is 4.79 Å². The summed E-state index contributed by atoms with van der Waals surface area (Å²) >= 11 is 0. The lowest BCUT2D eigenvalue weighted by molar-refractivity contribution is 0.558. The molecule has 0 spiro atoms. The second kappa shape index (κ2) is 3.48. The van der Waals surface area contributed by atoms with E-state index in [0.717, 1.165) is 12.5 Å². The van der Waals surface area contributed by atoms with E-state index in [1.165, 1.54) is 12.8 Å². The molecule has 2 N–H and O–H groups in total. The van der Waals surface area contributed by atoms with E-state index in [1.807, 2.05) is 12.3 Å². The maximum absolute atomic E-state index is 11.6. The molecule has 1 heterocycles. The highest BCUT2D eigenvalue weighted by Gasteiger charge is 2.35. The van der Waals surface area contributed by atoms with Gasteiger partial charge in [-0.15, -0.1) is 0 Å². The van der Waals surface area contributed by atoms with Crippen molar-refractivity contribution in [3.05, 3.63) is 28.7 Å². The first kappa shape index (κ1) is 9.31. The molecule has 3 heteroatoms. The van der Waals surface area contributed by atoms with Gasteiger partial charge in [0, 0.05) is 12.7 Å². The molecule has 2 atom stereocenters. The maximum Gasteiger partial charge on any atom is 0.273 e. The van der Waals surface area contributed by atoms with Crippen LogP contribution in [0.3, 0.4) is 0 Å². The topological polar surface area (TPSA) is 48.0 Å². The molecule has 1 aliphatic rings. The fourth-order valence-electron chi connectivity index (χ4n) is 1.99. The van der Waals surface area contributed by atoms with Crippen molar-refractivity contribution in [2.75, 3.05) is 5.73 Å². The highest BCUT2D eigenvalue weighted by atomic mass is 16.1. The highest BCUT2D eigenvalue weighted by molar-refractivity contribution is 5.33. The minimum absolute atomic E-state index is 0.0470. The molecule has 0 radical (unpaired) electrons. The van der Waals surface area contributed by atoms with Crippen molar-refractivity contribution < 1.29 is 0 Å². The van der Waals surface area contributed by atoms with Crippen molar-refractivity contribution in [1.29, 1.82) is 0 Å². The summed E-state index contributed by atoms with van der Waals surface area (Å²) in [5, 5.41) is 0. The van der Waals surface area contributed by atoms with E-state index in [2.05, 4.69) is 6.92 Å². The molecule has 1 aromatic heterocycles. The van der Waals surface area contributed by atoms with Crippen LogP contribution in [0, 0.1) is 11.8 Å². The average molecular weight is 192 g/mol. The molecule has 76 valence electrons. The van der Waals surface area contributed by atoms with Crippen molar-refractivity contribution in [1.82, 2.24) is 4.57 Å². The minimum atomic E-state index is -0.0470. The largest absolute Gasteiger partial charge is 0.394 e. The second-order valence-corrected chi connectivity index (χ2v) is 4.09. The Hall–Kier alpha value is -1.25. The van der Waals surface area contributed by atoms with Gasteiger partial charge >= 0.3 is 0 Å². The van der Waals surface area contributed by atoms with Crippen molar-refractivity contribution in [2.24, 2.45) is 11.8 Å². The van der Waals surface area contributed by atoms with Gasteiger partial charge in [0.05, 0.1) is 5.69 Å². The zero-order chi connectivity index (χ0) is 10.1. The van der Waals surface area contributed by atoms with Gasteiger partial charge in [-0.05, 0) is 30.4 Å². The van der Waals surface area contributed by atoms with Gasteiger partial charge in [-0.1, -0.05) is 13.3 Å². The summed E-state index contributed by atoms with van der Waals surface area (Å²) in [6.07, 6.45) is 4.31. The quantitative estimate of drug-likeness (QED) is 0.788. The second-order valence-electron chi connectivity index (χ2n) is 4.09. The van der Waals surface area contributed by atoms with E-state index < -0.39 is 0 Å². The van der Waals surface area contributed by atoms with Crippen LogP contribution >= 0.6 is 0 Å². The van der Waals surface area contributed by atoms with E-state index in [0.29, 0.717) is 11.6 Å². The molecule has 1 fully saturated rings. The van der Waals surface area contributed by atoms with Crippen molar-refractivity contribution in [3.8, 4) is 0 Å². The smallest absolute Gasteiger partial charge is 0.273 e. The molecule has 1 aromatic rings. The normalized spacial score (nSPS) is 24.9. The molecule has 0 amide bonds. The SMILES string of the molecule is CC[C@@H]1C[C@H]1Cn1cccc(N)c1=O. The van der Waals surface area contributed by atoms with Gasteiger partial charge in [0.15, 0.2) is 0 Å². The molecular formula is C11H16N2O. The fraction of sp³-hybridized carbons (Fsp3) is 0.545. The van der Waals surface area contributed by atoms with Crippen LogP contribution in [0.4, 0.5) is 5.69 Å². The predicted octanol–water partition coefficient (Wildman–Crippen LogP) is 1.48. The van der Waals surface area contributed by atoms with E-state index in [-0.39, 0.29) is 5.56 Å². The zero-order valence-electron chi connectivity index (χ0n) is 8.44. The lowest BCUT2D eigenvalue weighted by atomic mass is 10.2. The summed E-state index contributed by atoms with van der Waals surface area (Å²) in [6, 6.07) is 3.49. The molecule has 0 saturated heterocycles. The van der Waals surface area contributed by atoms with Gasteiger partial charge in [-0.25, -0.2) is 0 Å². The molecule has 2 rings (SSSR count). The Kier molecular flexibility index (Phi) is 2.32. The lowest BCUT2D eigenvalue weighted by Crippen LogP contribution is -2.22. The van der Waals surface area contributed by atoms with E-state index >= 15 is 0 Å². The summed E-state index contributed by atoms with van der Waals surface area (Å²) in [5.74, 6) is 1.52. The standard InChI is InChI=1S/C11H16N2O/c1-2-8-6-9(8)7-13-5-3-4-10(12)11(13)14/h3-5,8-9H,2,6-7,12H2,1H3/t8-,9+/m1/s1. The number of hydrogen-bond acceptors (Lipinski definition) is 2. The first-order chi connectivity index (χ1) is 6.72. The van der Waals surface area contributed by atoms with Crippen molar-refractivity contribution in [2.45, 2.75) is 26.3 Å². The Labute approximate surface area is 83.5 Å². The van der Waals surface area contributed by atoms with Crippen LogP contribution in [0.5, 0.6) is 0 Å². The number of aromatic nitrogens is 1. The Morgan fingerprint density at radius 1 is 1.57 bits per heavy atom. The third kappa shape index (κ3) is 1.67. The van der Waals surface area contributed by atoms with Gasteiger partial charge in [0.1, 0.15) is 0 Å². The number of rotatable bonds is 3. The maximum atomic E-state index is 11.6. The number of pyridine rings is 1. The highest BCUT2D eigenvalue weighted by Crippen LogP contribution is 2.41. The fourth-order valence-corrected chi connectivity index (χ4v) is 1.99. The van der Waals surface area contributed by atoms with Crippen LogP contribution in [0.1, 0.15) is 19.8 Å². The number of nitrogen functional groups attached to an aromatic ring is 1.